The van der Waals surface area contributed by atoms with E-state index in [9.17, 15) is 5.11 Å². The lowest BCUT2D eigenvalue weighted by Gasteiger charge is -2.12. The van der Waals surface area contributed by atoms with Crippen LogP contribution in [0.1, 0.15) is 30.8 Å². The summed E-state index contributed by atoms with van der Waals surface area (Å²) in [6.45, 7) is 2.93. The van der Waals surface area contributed by atoms with Crippen LogP contribution in [0.15, 0.2) is 18.7 Å². The molecule has 2 aromatic heterocycles. The normalized spacial score (nSPS) is 12.9. The lowest BCUT2D eigenvalue weighted by atomic mass is 10.2. The Kier molecular flexibility index (Phi) is 3.00. The molecule has 1 unspecified atom stereocenters. The summed E-state index contributed by atoms with van der Waals surface area (Å²) < 4.78 is 3.51. The van der Waals surface area contributed by atoms with Gasteiger partial charge in [-0.1, -0.05) is 12.1 Å². The average Bonchev–Trinajstić information content (AvgIpc) is 2.87. The number of imidazole rings is 1. The van der Waals surface area contributed by atoms with E-state index in [2.05, 4.69) is 22.2 Å². The molecular formula is C10H15N5O. The molecule has 2 aromatic rings. The Hall–Kier alpha value is -1.69. The minimum atomic E-state index is -0.728. The van der Waals surface area contributed by atoms with E-state index in [-0.39, 0.29) is 0 Å². The SMILES string of the molecule is CCCn1cncc1C(O)c1cnnn1C. The van der Waals surface area contributed by atoms with E-state index >= 15 is 0 Å². The first kappa shape index (κ1) is 10.8. The second-order valence-corrected chi connectivity index (χ2v) is 3.70. The van der Waals surface area contributed by atoms with Gasteiger partial charge in [0.15, 0.2) is 0 Å². The van der Waals surface area contributed by atoms with Gasteiger partial charge in [-0.15, -0.1) is 5.10 Å². The summed E-state index contributed by atoms with van der Waals surface area (Å²) in [4.78, 5) is 4.05. The van der Waals surface area contributed by atoms with Crippen LogP contribution in [-0.2, 0) is 13.6 Å². The molecular weight excluding hydrogens is 206 g/mol. The molecule has 1 atom stereocenters. The highest BCUT2D eigenvalue weighted by Gasteiger charge is 2.18. The summed E-state index contributed by atoms with van der Waals surface area (Å²) in [5.41, 5.74) is 1.44. The van der Waals surface area contributed by atoms with Crippen molar-refractivity contribution < 1.29 is 5.11 Å². The molecule has 0 saturated carbocycles. The molecule has 6 nitrogen and oxygen atoms in total. The summed E-state index contributed by atoms with van der Waals surface area (Å²) in [5.74, 6) is 0. The number of aromatic nitrogens is 5. The summed E-state index contributed by atoms with van der Waals surface area (Å²) in [6, 6.07) is 0. The number of hydrogen-bond acceptors (Lipinski definition) is 4. The molecule has 0 radical (unpaired) electrons. The smallest absolute Gasteiger partial charge is 0.139 e. The van der Waals surface area contributed by atoms with E-state index < -0.39 is 6.10 Å². The fraction of sp³-hybridized carbons (Fsp3) is 0.500. The third-order valence-electron chi connectivity index (χ3n) is 2.52. The summed E-state index contributed by atoms with van der Waals surface area (Å²) in [6.07, 6.45) is 5.24. The molecule has 6 heteroatoms. The highest BCUT2D eigenvalue weighted by molar-refractivity contribution is 5.15. The molecule has 2 heterocycles. The molecule has 0 aliphatic carbocycles. The van der Waals surface area contributed by atoms with Crippen LogP contribution in [0.5, 0.6) is 0 Å². The Morgan fingerprint density at radius 3 is 2.81 bits per heavy atom. The minimum Gasteiger partial charge on any atom is -0.380 e. The first-order valence-corrected chi connectivity index (χ1v) is 5.26. The van der Waals surface area contributed by atoms with Crippen molar-refractivity contribution in [3.63, 3.8) is 0 Å². The molecule has 16 heavy (non-hydrogen) atoms. The molecule has 0 aromatic carbocycles. The quantitative estimate of drug-likeness (QED) is 0.816. The van der Waals surface area contributed by atoms with Crippen molar-refractivity contribution in [1.29, 1.82) is 0 Å². The number of aryl methyl sites for hydroxylation is 2. The van der Waals surface area contributed by atoms with E-state index in [0.29, 0.717) is 5.69 Å². The maximum atomic E-state index is 10.2. The van der Waals surface area contributed by atoms with Crippen molar-refractivity contribution in [2.75, 3.05) is 0 Å². The van der Waals surface area contributed by atoms with Gasteiger partial charge in [0.1, 0.15) is 6.10 Å². The van der Waals surface area contributed by atoms with Gasteiger partial charge in [0.25, 0.3) is 0 Å². The standard InChI is InChI=1S/C10H15N5O/c1-3-4-15-7-11-5-9(15)10(16)8-6-12-13-14(8)2/h5-7,10,16H,3-4H2,1-2H3. The maximum Gasteiger partial charge on any atom is 0.139 e. The lowest BCUT2D eigenvalue weighted by molar-refractivity contribution is 0.199. The fourth-order valence-corrected chi connectivity index (χ4v) is 1.68. The lowest BCUT2D eigenvalue weighted by Crippen LogP contribution is -2.11. The Morgan fingerprint density at radius 1 is 1.38 bits per heavy atom. The number of hydrogen-bond donors (Lipinski definition) is 1. The van der Waals surface area contributed by atoms with Gasteiger partial charge in [-0.25, -0.2) is 9.67 Å². The third-order valence-corrected chi connectivity index (χ3v) is 2.52. The minimum absolute atomic E-state index is 0.665. The molecule has 0 aliphatic rings. The zero-order valence-electron chi connectivity index (χ0n) is 9.41. The van der Waals surface area contributed by atoms with Gasteiger partial charge in [-0.3, -0.25) is 0 Å². The van der Waals surface area contributed by atoms with Crippen LogP contribution in [0.3, 0.4) is 0 Å². The van der Waals surface area contributed by atoms with E-state index in [0.717, 1.165) is 18.7 Å². The van der Waals surface area contributed by atoms with Crippen LogP contribution in [-0.4, -0.2) is 29.7 Å². The second kappa shape index (κ2) is 4.44. The first-order valence-electron chi connectivity index (χ1n) is 5.26. The van der Waals surface area contributed by atoms with Crippen molar-refractivity contribution in [2.24, 2.45) is 7.05 Å². The van der Waals surface area contributed by atoms with Crippen LogP contribution in [0.4, 0.5) is 0 Å². The Bertz CT molecular complexity index is 461. The van der Waals surface area contributed by atoms with Crippen molar-refractivity contribution in [1.82, 2.24) is 24.5 Å². The van der Waals surface area contributed by atoms with Gasteiger partial charge >= 0.3 is 0 Å². The zero-order chi connectivity index (χ0) is 11.5. The number of aliphatic hydroxyl groups is 1. The highest BCUT2D eigenvalue weighted by atomic mass is 16.3. The van der Waals surface area contributed by atoms with Crippen molar-refractivity contribution in [3.05, 3.63) is 30.1 Å². The molecule has 86 valence electrons. The third kappa shape index (κ3) is 1.83. The van der Waals surface area contributed by atoms with Crippen LogP contribution < -0.4 is 0 Å². The maximum absolute atomic E-state index is 10.2. The van der Waals surface area contributed by atoms with Gasteiger partial charge in [0, 0.05) is 13.6 Å². The predicted molar refractivity (Wildman–Crippen MR) is 57.6 cm³/mol. The van der Waals surface area contributed by atoms with Crippen LogP contribution in [0, 0.1) is 0 Å². The van der Waals surface area contributed by atoms with Crippen LogP contribution in [0.25, 0.3) is 0 Å². The fourth-order valence-electron chi connectivity index (χ4n) is 1.68. The predicted octanol–water partition coefficient (Wildman–Crippen LogP) is 0.503. The highest BCUT2D eigenvalue weighted by Crippen LogP contribution is 2.20. The molecule has 0 aliphatic heterocycles. The van der Waals surface area contributed by atoms with E-state index in [4.69, 9.17) is 0 Å². The van der Waals surface area contributed by atoms with Crippen LogP contribution >= 0.6 is 0 Å². The van der Waals surface area contributed by atoms with E-state index in [1.807, 2.05) is 4.57 Å². The van der Waals surface area contributed by atoms with Crippen molar-refractivity contribution in [3.8, 4) is 0 Å². The van der Waals surface area contributed by atoms with Gasteiger partial charge in [-0.05, 0) is 6.42 Å². The topological polar surface area (TPSA) is 68.8 Å². The van der Waals surface area contributed by atoms with Gasteiger partial charge < -0.3 is 9.67 Å². The van der Waals surface area contributed by atoms with E-state index in [1.165, 1.54) is 0 Å². The molecule has 2 rings (SSSR count). The molecule has 0 fully saturated rings. The van der Waals surface area contributed by atoms with Gasteiger partial charge in [-0.2, -0.15) is 0 Å². The zero-order valence-corrected chi connectivity index (χ0v) is 9.41. The molecule has 0 amide bonds. The Morgan fingerprint density at radius 2 is 2.19 bits per heavy atom. The second-order valence-electron chi connectivity index (χ2n) is 3.70. The number of rotatable bonds is 4. The number of nitrogens with zero attached hydrogens (tertiary/aromatic N) is 5. The summed E-state index contributed by atoms with van der Waals surface area (Å²) >= 11 is 0. The molecule has 1 N–H and O–H groups in total. The van der Waals surface area contributed by atoms with Gasteiger partial charge in [0.2, 0.25) is 0 Å². The average molecular weight is 221 g/mol. The molecule has 0 saturated heterocycles. The van der Waals surface area contributed by atoms with Crippen molar-refractivity contribution >= 4 is 0 Å². The summed E-state index contributed by atoms with van der Waals surface area (Å²) in [5, 5.41) is 17.7. The largest absolute Gasteiger partial charge is 0.380 e. The molecule has 0 spiro atoms. The van der Waals surface area contributed by atoms with Crippen molar-refractivity contribution in [2.45, 2.75) is 26.0 Å². The monoisotopic (exact) mass is 221 g/mol. The Balaban J connectivity index is 2.30. The van der Waals surface area contributed by atoms with E-state index in [1.54, 1.807) is 30.5 Å². The Labute approximate surface area is 93.5 Å². The first-order chi connectivity index (χ1) is 7.74. The van der Waals surface area contributed by atoms with Crippen LogP contribution in [0.2, 0.25) is 0 Å². The van der Waals surface area contributed by atoms with Gasteiger partial charge in [0.05, 0.1) is 30.1 Å². The summed E-state index contributed by atoms with van der Waals surface area (Å²) in [7, 11) is 1.76. The molecule has 0 bridgehead atoms. The number of aliphatic hydroxyl groups excluding tert-OH is 1.